The highest BCUT2D eigenvalue weighted by atomic mass is 16.5. The van der Waals surface area contributed by atoms with Crippen molar-refractivity contribution in [2.45, 2.75) is 38.8 Å². The lowest BCUT2D eigenvalue weighted by molar-refractivity contribution is 0.0950. The van der Waals surface area contributed by atoms with Crippen LogP contribution in [0.15, 0.2) is 36.4 Å². The van der Waals surface area contributed by atoms with E-state index in [1.807, 2.05) is 6.07 Å². The van der Waals surface area contributed by atoms with E-state index in [4.69, 9.17) is 14.2 Å². The molecule has 1 aliphatic heterocycles. The molecule has 0 spiro atoms. The summed E-state index contributed by atoms with van der Waals surface area (Å²) in [6.07, 6.45) is 5.17. The third kappa shape index (κ3) is 5.45. The lowest BCUT2D eigenvalue weighted by atomic mass is 10.1. The molecule has 162 valence electrons. The summed E-state index contributed by atoms with van der Waals surface area (Å²) >= 11 is 0. The first-order valence-electron chi connectivity index (χ1n) is 10.5. The number of amides is 1. The van der Waals surface area contributed by atoms with Gasteiger partial charge in [0.05, 0.1) is 21.3 Å². The zero-order chi connectivity index (χ0) is 21.3. The molecule has 0 atom stereocenters. The van der Waals surface area contributed by atoms with Crippen LogP contribution in [0.25, 0.3) is 0 Å². The van der Waals surface area contributed by atoms with Gasteiger partial charge < -0.3 is 19.5 Å². The van der Waals surface area contributed by atoms with Gasteiger partial charge in [-0.2, -0.15) is 0 Å². The molecule has 6 nitrogen and oxygen atoms in total. The van der Waals surface area contributed by atoms with Gasteiger partial charge in [-0.1, -0.05) is 37.1 Å². The topological polar surface area (TPSA) is 60.0 Å². The van der Waals surface area contributed by atoms with E-state index in [-0.39, 0.29) is 5.91 Å². The van der Waals surface area contributed by atoms with Crippen LogP contribution in [0, 0.1) is 0 Å². The van der Waals surface area contributed by atoms with Crippen LogP contribution >= 0.6 is 0 Å². The van der Waals surface area contributed by atoms with E-state index >= 15 is 0 Å². The summed E-state index contributed by atoms with van der Waals surface area (Å²) in [6, 6.07) is 11.7. The number of methoxy groups -OCH3 is 3. The third-order valence-corrected chi connectivity index (χ3v) is 5.58. The molecule has 0 aliphatic carbocycles. The van der Waals surface area contributed by atoms with E-state index < -0.39 is 0 Å². The maximum absolute atomic E-state index is 12.8. The third-order valence-electron chi connectivity index (χ3n) is 5.58. The standard InChI is InChI=1S/C24H32N2O4/c1-28-21-14-20(15-22(29-2)23(21)30-3)24(27)25-16-18-10-6-7-11-19(18)17-26-12-8-4-5-9-13-26/h6-7,10-11,14-15H,4-5,8-9,12-13,16-17H2,1-3H3,(H,25,27). The number of benzene rings is 2. The van der Waals surface area contributed by atoms with Gasteiger partial charge in [-0.3, -0.25) is 9.69 Å². The molecular weight excluding hydrogens is 380 g/mol. The normalized spacial score (nSPS) is 14.6. The molecule has 0 unspecified atom stereocenters. The van der Waals surface area contributed by atoms with Gasteiger partial charge >= 0.3 is 0 Å². The molecule has 1 aliphatic rings. The molecule has 0 bridgehead atoms. The number of carbonyl (C=O) groups is 1. The van der Waals surface area contributed by atoms with E-state index in [9.17, 15) is 4.79 Å². The average Bonchev–Trinajstić information content (AvgIpc) is 3.05. The molecule has 0 saturated carbocycles. The molecular formula is C24H32N2O4. The van der Waals surface area contributed by atoms with Crippen molar-refractivity contribution in [1.29, 1.82) is 0 Å². The van der Waals surface area contributed by atoms with Gasteiger partial charge in [0.25, 0.3) is 5.91 Å². The van der Waals surface area contributed by atoms with Gasteiger partial charge in [-0.15, -0.1) is 0 Å². The first-order valence-corrected chi connectivity index (χ1v) is 10.5. The second kappa shape index (κ2) is 10.9. The number of likely N-dealkylation sites (tertiary alicyclic amines) is 1. The molecule has 1 N–H and O–H groups in total. The van der Waals surface area contributed by atoms with Gasteiger partial charge in [-0.05, 0) is 49.2 Å². The van der Waals surface area contributed by atoms with Crippen molar-refractivity contribution in [1.82, 2.24) is 10.2 Å². The van der Waals surface area contributed by atoms with Crippen LogP contribution in [-0.4, -0.2) is 45.2 Å². The van der Waals surface area contributed by atoms with Gasteiger partial charge in [0.15, 0.2) is 11.5 Å². The maximum atomic E-state index is 12.8. The Hall–Kier alpha value is -2.73. The molecule has 1 saturated heterocycles. The Kier molecular flexibility index (Phi) is 7.97. The van der Waals surface area contributed by atoms with Crippen LogP contribution in [0.1, 0.15) is 47.2 Å². The van der Waals surface area contributed by atoms with Crippen LogP contribution in [0.4, 0.5) is 0 Å². The number of hydrogen-bond donors (Lipinski definition) is 1. The Bertz CT molecular complexity index is 820. The zero-order valence-electron chi connectivity index (χ0n) is 18.2. The summed E-state index contributed by atoms with van der Waals surface area (Å²) in [7, 11) is 4.62. The second-order valence-electron chi connectivity index (χ2n) is 7.56. The number of nitrogens with one attached hydrogen (secondary N) is 1. The second-order valence-corrected chi connectivity index (χ2v) is 7.56. The van der Waals surface area contributed by atoms with Crippen LogP contribution in [-0.2, 0) is 13.1 Å². The first-order chi connectivity index (χ1) is 14.7. The average molecular weight is 413 g/mol. The lowest BCUT2D eigenvalue weighted by Gasteiger charge is -2.21. The smallest absolute Gasteiger partial charge is 0.251 e. The number of ether oxygens (including phenoxy) is 3. The van der Waals surface area contributed by atoms with Crippen molar-refractivity contribution in [3.8, 4) is 17.2 Å². The molecule has 1 heterocycles. The molecule has 0 radical (unpaired) electrons. The monoisotopic (exact) mass is 412 g/mol. The van der Waals surface area contributed by atoms with E-state index in [0.717, 1.165) is 25.2 Å². The highest BCUT2D eigenvalue weighted by Crippen LogP contribution is 2.38. The summed E-state index contributed by atoms with van der Waals surface area (Å²) in [5.41, 5.74) is 2.88. The SMILES string of the molecule is COc1cc(C(=O)NCc2ccccc2CN2CCCCCC2)cc(OC)c1OC. The number of hydrogen-bond acceptors (Lipinski definition) is 5. The first kappa shape index (κ1) is 22.0. The predicted octanol–water partition coefficient (Wildman–Crippen LogP) is 4.02. The molecule has 30 heavy (non-hydrogen) atoms. The molecule has 3 rings (SSSR count). The fraction of sp³-hybridized carbons (Fsp3) is 0.458. The Morgan fingerprint density at radius 3 is 2.07 bits per heavy atom. The molecule has 6 heteroatoms. The number of carbonyl (C=O) groups excluding carboxylic acids is 1. The van der Waals surface area contributed by atoms with Crippen molar-refractivity contribution in [3.63, 3.8) is 0 Å². The highest BCUT2D eigenvalue weighted by molar-refractivity contribution is 5.95. The van der Waals surface area contributed by atoms with Gasteiger partial charge in [0, 0.05) is 18.7 Å². The fourth-order valence-electron chi connectivity index (χ4n) is 3.91. The highest BCUT2D eigenvalue weighted by Gasteiger charge is 2.17. The minimum absolute atomic E-state index is 0.182. The minimum Gasteiger partial charge on any atom is -0.493 e. The van der Waals surface area contributed by atoms with Crippen molar-refractivity contribution in [3.05, 3.63) is 53.1 Å². The van der Waals surface area contributed by atoms with Gasteiger partial charge in [0.1, 0.15) is 0 Å². The van der Waals surface area contributed by atoms with E-state index in [1.165, 1.54) is 45.5 Å². The van der Waals surface area contributed by atoms with Crippen molar-refractivity contribution >= 4 is 5.91 Å². The van der Waals surface area contributed by atoms with Crippen molar-refractivity contribution < 1.29 is 19.0 Å². The zero-order valence-corrected chi connectivity index (χ0v) is 18.2. The largest absolute Gasteiger partial charge is 0.493 e. The molecule has 1 fully saturated rings. The van der Waals surface area contributed by atoms with Crippen molar-refractivity contribution in [2.24, 2.45) is 0 Å². The lowest BCUT2D eigenvalue weighted by Crippen LogP contribution is -2.27. The molecule has 2 aromatic carbocycles. The van der Waals surface area contributed by atoms with E-state index in [1.54, 1.807) is 19.2 Å². The van der Waals surface area contributed by atoms with Gasteiger partial charge in [-0.25, -0.2) is 0 Å². The van der Waals surface area contributed by atoms with Crippen LogP contribution in [0.3, 0.4) is 0 Å². The molecule has 1 amide bonds. The number of nitrogens with zero attached hydrogens (tertiary/aromatic N) is 1. The molecule has 2 aromatic rings. The number of rotatable bonds is 8. The van der Waals surface area contributed by atoms with E-state index in [0.29, 0.717) is 29.4 Å². The maximum Gasteiger partial charge on any atom is 0.251 e. The van der Waals surface area contributed by atoms with E-state index in [2.05, 4.69) is 28.4 Å². The molecule has 0 aromatic heterocycles. The Balaban J connectivity index is 1.70. The van der Waals surface area contributed by atoms with Crippen LogP contribution in [0.5, 0.6) is 17.2 Å². The Morgan fingerprint density at radius 1 is 0.900 bits per heavy atom. The summed E-state index contributed by atoms with van der Waals surface area (Å²) in [6.45, 7) is 3.69. The Morgan fingerprint density at radius 2 is 1.50 bits per heavy atom. The summed E-state index contributed by atoms with van der Waals surface area (Å²) in [5, 5.41) is 3.04. The summed E-state index contributed by atoms with van der Waals surface area (Å²) in [5.74, 6) is 1.21. The summed E-state index contributed by atoms with van der Waals surface area (Å²) in [4.78, 5) is 15.3. The van der Waals surface area contributed by atoms with Crippen molar-refractivity contribution in [2.75, 3.05) is 34.4 Å². The summed E-state index contributed by atoms with van der Waals surface area (Å²) < 4.78 is 16.0. The van der Waals surface area contributed by atoms with Crippen LogP contribution < -0.4 is 19.5 Å². The fourth-order valence-corrected chi connectivity index (χ4v) is 3.91. The quantitative estimate of drug-likeness (QED) is 0.710. The van der Waals surface area contributed by atoms with Crippen LogP contribution in [0.2, 0.25) is 0 Å². The predicted molar refractivity (Wildman–Crippen MR) is 117 cm³/mol. The Labute approximate surface area is 179 Å². The van der Waals surface area contributed by atoms with Gasteiger partial charge in [0.2, 0.25) is 5.75 Å². The minimum atomic E-state index is -0.182.